The van der Waals surface area contributed by atoms with Crippen molar-refractivity contribution in [3.8, 4) is 5.75 Å². The van der Waals surface area contributed by atoms with Crippen molar-refractivity contribution in [3.05, 3.63) is 53.6 Å². The van der Waals surface area contributed by atoms with Crippen LogP contribution in [-0.2, 0) is 27.8 Å². The molecule has 0 spiro atoms. The monoisotopic (exact) mass is 442 g/mol. The van der Waals surface area contributed by atoms with Crippen molar-refractivity contribution in [2.24, 2.45) is 5.92 Å². The molecule has 3 rings (SSSR count). The molecule has 1 aliphatic rings. The van der Waals surface area contributed by atoms with Crippen LogP contribution in [0.3, 0.4) is 0 Å². The number of benzene rings is 2. The Labute approximate surface area is 172 Å². The molecule has 0 bridgehead atoms. The van der Waals surface area contributed by atoms with Gasteiger partial charge in [-0.05, 0) is 53.9 Å². The molecule has 0 fully saturated rings. The van der Waals surface area contributed by atoms with E-state index in [0.29, 0.717) is 25.2 Å². The number of rotatable bonds is 5. The Bertz CT molecular complexity index is 1040. The van der Waals surface area contributed by atoms with Gasteiger partial charge in [-0.1, -0.05) is 19.9 Å². The van der Waals surface area contributed by atoms with Gasteiger partial charge in [0.05, 0.1) is 4.90 Å². The summed E-state index contributed by atoms with van der Waals surface area (Å²) >= 11 is 0. The molecule has 0 unspecified atom stereocenters. The number of hydrogen-bond acceptors (Lipinski definition) is 4. The number of amides is 1. The minimum atomic E-state index is -4.85. The number of carbonyl (C=O) groups is 1. The maximum atomic E-state index is 12.6. The summed E-state index contributed by atoms with van der Waals surface area (Å²) in [4.78, 5) is 13.8. The zero-order chi connectivity index (χ0) is 22.1. The Morgan fingerprint density at radius 3 is 2.37 bits per heavy atom. The number of carbonyl (C=O) groups excluding carboxylic acids is 1. The molecule has 0 aliphatic carbocycles. The molecule has 6 nitrogen and oxygen atoms in total. The highest BCUT2D eigenvalue weighted by molar-refractivity contribution is 7.92. The predicted octanol–water partition coefficient (Wildman–Crippen LogP) is 3.93. The standard InChI is InChI=1S/C20H21F3N2O4S/c1-13(2)19(26)25-10-9-14-3-4-16(11-15(14)12-25)24-30(27,28)18-7-5-17(6-8-18)29-20(21,22)23/h3-8,11,13,24H,9-10,12H2,1-2H3. The second-order valence-electron chi connectivity index (χ2n) is 7.27. The summed E-state index contributed by atoms with van der Waals surface area (Å²) in [6.07, 6.45) is -4.17. The van der Waals surface area contributed by atoms with Crippen molar-refractivity contribution in [2.45, 2.75) is 38.1 Å². The van der Waals surface area contributed by atoms with Crippen molar-refractivity contribution < 1.29 is 31.1 Å². The molecule has 1 amide bonds. The van der Waals surface area contributed by atoms with Gasteiger partial charge in [-0.2, -0.15) is 0 Å². The van der Waals surface area contributed by atoms with Gasteiger partial charge in [0.1, 0.15) is 5.75 Å². The summed E-state index contributed by atoms with van der Waals surface area (Å²) in [5.41, 5.74) is 2.20. The molecule has 162 valence electrons. The van der Waals surface area contributed by atoms with Crippen LogP contribution in [0, 0.1) is 5.92 Å². The fourth-order valence-electron chi connectivity index (χ4n) is 3.21. The highest BCUT2D eigenvalue weighted by Gasteiger charge is 2.31. The summed E-state index contributed by atoms with van der Waals surface area (Å²) < 4.78 is 68.1. The van der Waals surface area contributed by atoms with Crippen molar-refractivity contribution in [1.29, 1.82) is 0 Å². The summed E-state index contributed by atoms with van der Waals surface area (Å²) in [6, 6.07) is 9.04. The van der Waals surface area contributed by atoms with Gasteiger partial charge in [0.15, 0.2) is 0 Å². The lowest BCUT2D eigenvalue weighted by Gasteiger charge is -2.30. The highest BCUT2D eigenvalue weighted by Crippen LogP contribution is 2.27. The van der Waals surface area contributed by atoms with Gasteiger partial charge in [-0.15, -0.1) is 13.2 Å². The molecule has 0 radical (unpaired) electrons. The number of fused-ring (bicyclic) bond motifs is 1. The zero-order valence-electron chi connectivity index (χ0n) is 16.4. The van der Waals surface area contributed by atoms with Crippen molar-refractivity contribution in [2.75, 3.05) is 11.3 Å². The van der Waals surface area contributed by atoms with Gasteiger partial charge in [0.2, 0.25) is 5.91 Å². The number of sulfonamides is 1. The number of halogens is 3. The molecule has 1 N–H and O–H groups in total. The van der Waals surface area contributed by atoms with E-state index in [2.05, 4.69) is 9.46 Å². The van der Waals surface area contributed by atoms with Crippen LogP contribution in [-0.4, -0.2) is 32.1 Å². The van der Waals surface area contributed by atoms with E-state index in [4.69, 9.17) is 0 Å². The first-order valence-electron chi connectivity index (χ1n) is 9.24. The zero-order valence-corrected chi connectivity index (χ0v) is 17.2. The Balaban J connectivity index is 1.76. The van der Waals surface area contributed by atoms with Gasteiger partial charge >= 0.3 is 6.36 Å². The van der Waals surface area contributed by atoms with Crippen LogP contribution in [0.2, 0.25) is 0 Å². The molecule has 2 aromatic rings. The van der Waals surface area contributed by atoms with Crippen LogP contribution < -0.4 is 9.46 Å². The largest absolute Gasteiger partial charge is 0.573 e. The van der Waals surface area contributed by atoms with Crippen LogP contribution in [0.25, 0.3) is 0 Å². The SMILES string of the molecule is CC(C)C(=O)N1CCc2ccc(NS(=O)(=O)c3ccc(OC(F)(F)F)cc3)cc2C1. The molecule has 1 aliphatic heterocycles. The van der Waals surface area contributed by atoms with Gasteiger partial charge in [-0.3, -0.25) is 9.52 Å². The first kappa shape index (κ1) is 21.9. The minimum Gasteiger partial charge on any atom is -0.406 e. The van der Waals surface area contributed by atoms with E-state index in [9.17, 15) is 26.4 Å². The van der Waals surface area contributed by atoms with Gasteiger partial charge in [-0.25, -0.2) is 8.42 Å². The third-order valence-corrected chi connectivity index (χ3v) is 6.04. The van der Waals surface area contributed by atoms with Gasteiger partial charge in [0, 0.05) is 24.7 Å². The molecule has 0 saturated carbocycles. The first-order valence-corrected chi connectivity index (χ1v) is 10.7. The molecule has 2 aromatic carbocycles. The molecule has 0 saturated heterocycles. The molecular formula is C20H21F3N2O4S. The lowest BCUT2D eigenvalue weighted by atomic mass is 9.98. The van der Waals surface area contributed by atoms with E-state index < -0.39 is 22.1 Å². The smallest absolute Gasteiger partial charge is 0.406 e. The fourth-order valence-corrected chi connectivity index (χ4v) is 4.26. The number of alkyl halides is 3. The van der Waals surface area contributed by atoms with E-state index in [-0.39, 0.29) is 16.7 Å². The molecule has 10 heteroatoms. The molecular weight excluding hydrogens is 421 g/mol. The Hall–Kier alpha value is -2.75. The van der Waals surface area contributed by atoms with Gasteiger partial charge in [0.25, 0.3) is 10.0 Å². The Kier molecular flexibility index (Phi) is 5.98. The van der Waals surface area contributed by atoms with E-state index >= 15 is 0 Å². The summed E-state index contributed by atoms with van der Waals surface area (Å²) in [5.74, 6) is -0.601. The summed E-state index contributed by atoms with van der Waals surface area (Å²) in [6.45, 7) is 4.66. The fraction of sp³-hybridized carbons (Fsp3) is 0.350. The van der Waals surface area contributed by atoms with Crippen LogP contribution in [0.4, 0.5) is 18.9 Å². The van der Waals surface area contributed by atoms with Crippen LogP contribution >= 0.6 is 0 Å². The van der Waals surface area contributed by atoms with Crippen molar-refractivity contribution in [1.82, 2.24) is 4.90 Å². The molecule has 30 heavy (non-hydrogen) atoms. The van der Waals surface area contributed by atoms with Crippen LogP contribution in [0.1, 0.15) is 25.0 Å². The third kappa shape index (κ3) is 5.24. The third-order valence-electron chi connectivity index (χ3n) is 4.64. The normalized spacial score (nSPS) is 14.4. The Morgan fingerprint density at radius 1 is 1.10 bits per heavy atom. The lowest BCUT2D eigenvalue weighted by molar-refractivity contribution is -0.274. The van der Waals surface area contributed by atoms with Crippen LogP contribution in [0.15, 0.2) is 47.4 Å². The number of anilines is 1. The second kappa shape index (κ2) is 8.17. The Morgan fingerprint density at radius 2 is 1.77 bits per heavy atom. The quantitative estimate of drug-likeness (QED) is 0.762. The number of nitrogens with zero attached hydrogens (tertiary/aromatic N) is 1. The number of nitrogens with one attached hydrogen (secondary N) is 1. The van der Waals surface area contributed by atoms with Crippen molar-refractivity contribution in [3.63, 3.8) is 0 Å². The molecule has 1 heterocycles. The number of ether oxygens (including phenoxy) is 1. The maximum absolute atomic E-state index is 12.6. The average Bonchev–Trinajstić information content (AvgIpc) is 2.65. The minimum absolute atomic E-state index is 0.0350. The lowest BCUT2D eigenvalue weighted by Crippen LogP contribution is -2.38. The molecule has 0 atom stereocenters. The topological polar surface area (TPSA) is 75.7 Å². The average molecular weight is 442 g/mol. The van der Waals surface area contributed by atoms with Crippen molar-refractivity contribution >= 4 is 21.6 Å². The number of hydrogen-bond donors (Lipinski definition) is 1. The second-order valence-corrected chi connectivity index (χ2v) is 8.96. The van der Waals surface area contributed by atoms with Crippen LogP contribution in [0.5, 0.6) is 5.75 Å². The molecule has 0 aromatic heterocycles. The predicted molar refractivity (Wildman–Crippen MR) is 104 cm³/mol. The maximum Gasteiger partial charge on any atom is 0.573 e. The van der Waals surface area contributed by atoms with E-state index in [1.54, 1.807) is 17.0 Å². The van der Waals surface area contributed by atoms with E-state index in [1.807, 2.05) is 19.9 Å². The van der Waals surface area contributed by atoms with Gasteiger partial charge < -0.3 is 9.64 Å². The summed E-state index contributed by atoms with van der Waals surface area (Å²) in [7, 11) is -4.01. The highest BCUT2D eigenvalue weighted by atomic mass is 32.2. The van der Waals surface area contributed by atoms with E-state index in [1.165, 1.54) is 0 Å². The van der Waals surface area contributed by atoms with E-state index in [0.717, 1.165) is 35.4 Å². The summed E-state index contributed by atoms with van der Waals surface area (Å²) in [5, 5.41) is 0. The first-order chi connectivity index (χ1) is 13.9.